The summed E-state index contributed by atoms with van der Waals surface area (Å²) in [5, 5.41) is 0. The number of carbonyl (C=O) groups excluding carboxylic acids is 1. The highest BCUT2D eigenvalue weighted by atomic mass is 35.7. The Balaban J connectivity index is 2.92. The highest BCUT2D eigenvalue weighted by molar-refractivity contribution is 8.13. The lowest BCUT2D eigenvalue weighted by Crippen LogP contribution is -2.31. The molecule has 112 valence electrons. The number of carbonyl (C=O) groups is 1. The molecule has 7 heteroatoms. The largest absolute Gasteiger partial charge is 0.449 e. The summed E-state index contributed by atoms with van der Waals surface area (Å²) in [4.78, 5) is 13.2. The Morgan fingerprint density at radius 1 is 1.35 bits per heavy atom. The first-order valence-electron chi connectivity index (χ1n) is 6.39. The average molecular weight is 320 g/mol. The van der Waals surface area contributed by atoms with E-state index in [9.17, 15) is 13.2 Å². The van der Waals surface area contributed by atoms with Crippen molar-refractivity contribution in [1.29, 1.82) is 0 Å². The van der Waals surface area contributed by atoms with Gasteiger partial charge in [0.2, 0.25) is 0 Å². The predicted octanol–water partition coefficient (Wildman–Crippen LogP) is 3.38. The van der Waals surface area contributed by atoms with Crippen LogP contribution in [0.4, 0.5) is 10.5 Å². The van der Waals surface area contributed by atoms with Gasteiger partial charge in [-0.2, -0.15) is 0 Å². The van der Waals surface area contributed by atoms with E-state index in [0.29, 0.717) is 18.8 Å². The third-order valence-electron chi connectivity index (χ3n) is 2.67. The number of amides is 1. The van der Waals surface area contributed by atoms with Gasteiger partial charge < -0.3 is 4.74 Å². The highest BCUT2D eigenvalue weighted by Crippen LogP contribution is 2.22. The van der Waals surface area contributed by atoms with E-state index in [2.05, 4.69) is 0 Å². The molecule has 0 N–H and O–H groups in total. The molecule has 0 atom stereocenters. The summed E-state index contributed by atoms with van der Waals surface area (Å²) < 4.78 is 27.7. The van der Waals surface area contributed by atoms with Gasteiger partial charge in [0.15, 0.2) is 0 Å². The summed E-state index contributed by atoms with van der Waals surface area (Å²) in [5.41, 5.74) is 0.440. The standard InChI is InChI=1S/C13H18ClNO4S/c1-3-5-9-19-13(16)15(4-2)11-7-6-8-12(10-11)20(14,17)18/h6-8,10H,3-5,9H2,1-2H3. The molecule has 0 spiro atoms. The third kappa shape index (κ3) is 4.68. The minimum atomic E-state index is -3.82. The van der Waals surface area contributed by atoms with E-state index in [1.807, 2.05) is 6.92 Å². The zero-order valence-corrected chi connectivity index (χ0v) is 13.1. The van der Waals surface area contributed by atoms with E-state index in [1.165, 1.54) is 23.1 Å². The second-order valence-corrected chi connectivity index (χ2v) is 6.71. The van der Waals surface area contributed by atoms with Crippen molar-refractivity contribution in [3.05, 3.63) is 24.3 Å². The summed E-state index contributed by atoms with van der Waals surface area (Å²) >= 11 is 0. The topological polar surface area (TPSA) is 63.7 Å². The Morgan fingerprint density at radius 2 is 2.05 bits per heavy atom. The molecule has 20 heavy (non-hydrogen) atoms. The van der Waals surface area contributed by atoms with Gasteiger partial charge in [0, 0.05) is 22.9 Å². The molecule has 0 bridgehead atoms. The summed E-state index contributed by atoms with van der Waals surface area (Å²) in [7, 11) is 1.48. The van der Waals surface area contributed by atoms with Gasteiger partial charge in [-0.1, -0.05) is 19.4 Å². The number of unbranched alkanes of at least 4 members (excludes halogenated alkanes) is 1. The van der Waals surface area contributed by atoms with Crippen LogP contribution in [0.1, 0.15) is 26.7 Å². The first-order valence-corrected chi connectivity index (χ1v) is 8.70. The van der Waals surface area contributed by atoms with Crippen molar-refractivity contribution in [2.75, 3.05) is 18.1 Å². The first kappa shape index (κ1) is 16.8. The maximum absolute atomic E-state index is 11.9. The van der Waals surface area contributed by atoms with Crippen LogP contribution in [-0.2, 0) is 13.8 Å². The number of halogens is 1. The van der Waals surface area contributed by atoms with Crippen LogP contribution in [0, 0.1) is 0 Å². The Bertz CT molecular complexity index is 559. The summed E-state index contributed by atoms with van der Waals surface area (Å²) in [6, 6.07) is 5.90. The number of ether oxygens (including phenoxy) is 1. The van der Waals surface area contributed by atoms with Gasteiger partial charge in [-0.25, -0.2) is 13.2 Å². The Labute approximate surface area is 123 Å². The van der Waals surface area contributed by atoms with Gasteiger partial charge in [-0.15, -0.1) is 0 Å². The number of nitrogens with zero attached hydrogens (tertiary/aromatic N) is 1. The lowest BCUT2D eigenvalue weighted by atomic mass is 10.3. The minimum absolute atomic E-state index is 0.0449. The number of rotatable bonds is 6. The lowest BCUT2D eigenvalue weighted by molar-refractivity contribution is 0.152. The van der Waals surface area contributed by atoms with E-state index < -0.39 is 15.1 Å². The SMILES string of the molecule is CCCCOC(=O)N(CC)c1cccc(S(=O)(=O)Cl)c1. The maximum Gasteiger partial charge on any atom is 0.414 e. The highest BCUT2D eigenvalue weighted by Gasteiger charge is 2.18. The molecule has 1 aromatic rings. The zero-order valence-electron chi connectivity index (χ0n) is 11.5. The summed E-state index contributed by atoms with van der Waals surface area (Å²) in [6.45, 7) is 4.50. The molecule has 0 aliphatic heterocycles. The molecule has 0 aliphatic carbocycles. The Hall–Kier alpha value is -1.27. The molecule has 0 saturated carbocycles. The fourth-order valence-electron chi connectivity index (χ4n) is 1.60. The number of hydrogen-bond acceptors (Lipinski definition) is 4. The quantitative estimate of drug-likeness (QED) is 0.595. The van der Waals surface area contributed by atoms with Crippen LogP contribution < -0.4 is 4.90 Å². The van der Waals surface area contributed by atoms with Crippen molar-refractivity contribution >= 4 is 31.5 Å². The number of benzene rings is 1. The maximum atomic E-state index is 11.9. The fourth-order valence-corrected chi connectivity index (χ4v) is 2.39. The zero-order chi connectivity index (χ0) is 15.2. The second-order valence-electron chi connectivity index (χ2n) is 4.15. The van der Waals surface area contributed by atoms with Gasteiger partial charge in [-0.3, -0.25) is 4.90 Å². The minimum Gasteiger partial charge on any atom is -0.449 e. The van der Waals surface area contributed by atoms with Crippen molar-refractivity contribution in [2.24, 2.45) is 0 Å². The third-order valence-corrected chi connectivity index (χ3v) is 4.02. The van der Waals surface area contributed by atoms with E-state index in [4.69, 9.17) is 15.4 Å². The number of anilines is 1. The Kier molecular flexibility index (Phi) is 6.29. The van der Waals surface area contributed by atoms with Crippen molar-refractivity contribution < 1.29 is 17.9 Å². The molecule has 5 nitrogen and oxygen atoms in total. The molecule has 0 saturated heterocycles. The summed E-state index contributed by atoms with van der Waals surface area (Å²) in [5.74, 6) is 0. The molecule has 0 aliphatic rings. The van der Waals surface area contributed by atoms with E-state index in [-0.39, 0.29) is 4.90 Å². The molecular formula is C13H18ClNO4S. The molecule has 0 unspecified atom stereocenters. The van der Waals surface area contributed by atoms with Crippen LogP contribution in [0.2, 0.25) is 0 Å². The van der Waals surface area contributed by atoms with E-state index in [1.54, 1.807) is 13.0 Å². The van der Waals surface area contributed by atoms with Gasteiger partial charge in [0.05, 0.1) is 11.5 Å². The van der Waals surface area contributed by atoms with Gasteiger partial charge in [-0.05, 0) is 31.5 Å². The van der Waals surface area contributed by atoms with Gasteiger partial charge in [0.25, 0.3) is 9.05 Å². The molecule has 0 radical (unpaired) electrons. The Morgan fingerprint density at radius 3 is 2.60 bits per heavy atom. The second kappa shape index (κ2) is 7.50. The van der Waals surface area contributed by atoms with Crippen LogP contribution in [0.15, 0.2) is 29.2 Å². The lowest BCUT2D eigenvalue weighted by Gasteiger charge is -2.20. The molecule has 0 aromatic heterocycles. The molecule has 0 heterocycles. The fraction of sp³-hybridized carbons (Fsp3) is 0.462. The monoisotopic (exact) mass is 319 g/mol. The van der Waals surface area contributed by atoms with E-state index >= 15 is 0 Å². The van der Waals surface area contributed by atoms with Crippen molar-refractivity contribution in [3.8, 4) is 0 Å². The number of hydrogen-bond donors (Lipinski definition) is 0. The van der Waals surface area contributed by atoms with Crippen molar-refractivity contribution in [1.82, 2.24) is 0 Å². The summed E-state index contributed by atoms with van der Waals surface area (Å²) in [6.07, 6.45) is 1.23. The van der Waals surface area contributed by atoms with Crippen LogP contribution in [0.3, 0.4) is 0 Å². The average Bonchev–Trinajstić information content (AvgIpc) is 2.39. The molecular weight excluding hydrogens is 302 g/mol. The smallest absolute Gasteiger partial charge is 0.414 e. The first-order chi connectivity index (χ1) is 9.40. The molecule has 0 fully saturated rings. The molecule has 1 aromatic carbocycles. The van der Waals surface area contributed by atoms with Gasteiger partial charge in [0.1, 0.15) is 0 Å². The normalized spacial score (nSPS) is 11.2. The predicted molar refractivity (Wildman–Crippen MR) is 78.8 cm³/mol. The van der Waals surface area contributed by atoms with Crippen LogP contribution in [0.5, 0.6) is 0 Å². The van der Waals surface area contributed by atoms with Crippen LogP contribution >= 0.6 is 10.7 Å². The molecule has 1 amide bonds. The van der Waals surface area contributed by atoms with E-state index in [0.717, 1.165) is 12.8 Å². The van der Waals surface area contributed by atoms with Crippen LogP contribution in [-0.4, -0.2) is 27.7 Å². The molecule has 1 rings (SSSR count). The van der Waals surface area contributed by atoms with Gasteiger partial charge >= 0.3 is 6.09 Å². The van der Waals surface area contributed by atoms with Crippen molar-refractivity contribution in [3.63, 3.8) is 0 Å². The van der Waals surface area contributed by atoms with Crippen molar-refractivity contribution in [2.45, 2.75) is 31.6 Å². The van der Waals surface area contributed by atoms with Crippen LogP contribution in [0.25, 0.3) is 0 Å².